The Kier molecular flexibility index (Phi) is 5.91. The maximum absolute atomic E-state index is 12.8. The number of nitrogens with zero attached hydrogens (tertiary/aromatic N) is 4. The van der Waals surface area contributed by atoms with E-state index in [0.29, 0.717) is 37.7 Å². The molecule has 0 bridgehead atoms. The van der Waals surface area contributed by atoms with Gasteiger partial charge in [0.15, 0.2) is 5.76 Å². The van der Waals surface area contributed by atoms with Crippen LogP contribution in [0.1, 0.15) is 10.6 Å². The summed E-state index contributed by atoms with van der Waals surface area (Å²) in [6, 6.07) is 13.5. The summed E-state index contributed by atoms with van der Waals surface area (Å²) in [5, 5.41) is 3.90. The first kappa shape index (κ1) is 20.7. The molecule has 0 aliphatic carbocycles. The van der Waals surface area contributed by atoms with Crippen LogP contribution in [0.25, 0.3) is 21.3 Å². The molecule has 162 valence electrons. The standard InChI is InChI=1S/C23H20N4O3S2/c28-19(26-8-10-27(11-9-26)23(29)18-7-4-12-30-18)14-32-22-20-17(16-5-2-1-3-6-16)13-31-21(20)24-15-25-22/h1-7,12-13,15H,8-11,14H2. The van der Waals surface area contributed by atoms with Crippen LogP contribution in [0, 0.1) is 0 Å². The number of carbonyl (C=O) groups is 2. The number of fused-ring (bicyclic) bond motifs is 1. The SMILES string of the molecule is O=C(CSc1ncnc2scc(-c3ccccc3)c12)N1CCN(C(=O)c2ccco2)CC1. The molecule has 5 rings (SSSR count). The molecule has 1 aliphatic rings. The molecule has 1 aliphatic heterocycles. The van der Waals surface area contributed by atoms with Gasteiger partial charge in [-0.05, 0) is 17.7 Å². The van der Waals surface area contributed by atoms with E-state index in [9.17, 15) is 9.59 Å². The number of carbonyl (C=O) groups excluding carboxylic acids is 2. The molecule has 4 aromatic rings. The predicted octanol–water partition coefficient (Wildman–Crippen LogP) is 4.03. The number of hydrogen-bond acceptors (Lipinski definition) is 7. The van der Waals surface area contributed by atoms with Gasteiger partial charge in [0.05, 0.1) is 17.4 Å². The zero-order chi connectivity index (χ0) is 21.9. The van der Waals surface area contributed by atoms with E-state index in [2.05, 4.69) is 27.5 Å². The molecular formula is C23H20N4O3S2. The van der Waals surface area contributed by atoms with Gasteiger partial charge in [-0.2, -0.15) is 0 Å². The molecule has 4 heterocycles. The van der Waals surface area contributed by atoms with Crippen molar-refractivity contribution in [3.63, 3.8) is 0 Å². The lowest BCUT2D eigenvalue weighted by molar-refractivity contribution is -0.129. The molecule has 7 nitrogen and oxygen atoms in total. The third-order valence-electron chi connectivity index (χ3n) is 5.40. The Bertz CT molecular complexity index is 1230. The first-order chi connectivity index (χ1) is 15.7. The largest absolute Gasteiger partial charge is 0.459 e. The second-order valence-electron chi connectivity index (χ2n) is 7.31. The lowest BCUT2D eigenvalue weighted by atomic mass is 10.1. The number of furan rings is 1. The molecular weight excluding hydrogens is 444 g/mol. The molecule has 0 unspecified atom stereocenters. The first-order valence-corrected chi connectivity index (χ1v) is 12.1. The first-order valence-electron chi connectivity index (χ1n) is 10.2. The van der Waals surface area contributed by atoms with Gasteiger partial charge in [-0.15, -0.1) is 11.3 Å². The van der Waals surface area contributed by atoms with Gasteiger partial charge in [0.25, 0.3) is 5.91 Å². The van der Waals surface area contributed by atoms with Crippen LogP contribution in [0.3, 0.4) is 0 Å². The Balaban J connectivity index is 1.24. The number of aromatic nitrogens is 2. The lowest BCUT2D eigenvalue weighted by Crippen LogP contribution is -2.51. The van der Waals surface area contributed by atoms with E-state index >= 15 is 0 Å². The predicted molar refractivity (Wildman–Crippen MR) is 125 cm³/mol. The minimum absolute atomic E-state index is 0.0448. The van der Waals surface area contributed by atoms with Gasteiger partial charge in [-0.3, -0.25) is 9.59 Å². The molecule has 0 saturated carbocycles. The minimum atomic E-state index is -0.134. The van der Waals surface area contributed by atoms with E-state index in [1.807, 2.05) is 23.1 Å². The van der Waals surface area contributed by atoms with Gasteiger partial charge in [0, 0.05) is 37.1 Å². The average Bonchev–Trinajstić information content (AvgIpc) is 3.53. The van der Waals surface area contributed by atoms with Gasteiger partial charge >= 0.3 is 0 Å². The van der Waals surface area contributed by atoms with Crippen LogP contribution in [0.2, 0.25) is 0 Å². The van der Waals surface area contributed by atoms with E-state index in [0.717, 1.165) is 26.4 Å². The van der Waals surface area contributed by atoms with Crippen molar-refractivity contribution < 1.29 is 14.0 Å². The quantitative estimate of drug-likeness (QED) is 0.328. The summed E-state index contributed by atoms with van der Waals surface area (Å²) in [4.78, 5) is 38.6. The van der Waals surface area contributed by atoms with Crippen molar-refractivity contribution >= 4 is 45.1 Å². The third-order valence-corrected chi connectivity index (χ3v) is 7.26. The molecule has 0 N–H and O–H groups in total. The van der Waals surface area contributed by atoms with Crippen molar-refractivity contribution in [2.75, 3.05) is 31.9 Å². The number of piperazine rings is 1. The molecule has 9 heteroatoms. The van der Waals surface area contributed by atoms with Crippen LogP contribution >= 0.6 is 23.1 Å². The molecule has 0 atom stereocenters. The number of hydrogen-bond donors (Lipinski definition) is 0. The fourth-order valence-electron chi connectivity index (χ4n) is 3.72. The second kappa shape index (κ2) is 9.13. The van der Waals surface area contributed by atoms with Gasteiger partial charge < -0.3 is 14.2 Å². The van der Waals surface area contributed by atoms with Gasteiger partial charge in [0.1, 0.15) is 16.2 Å². The van der Waals surface area contributed by atoms with E-state index in [1.165, 1.54) is 18.0 Å². The van der Waals surface area contributed by atoms with E-state index in [4.69, 9.17) is 4.42 Å². The van der Waals surface area contributed by atoms with Crippen molar-refractivity contribution in [1.82, 2.24) is 19.8 Å². The number of thiophene rings is 1. The fraction of sp³-hybridized carbons (Fsp3) is 0.217. The van der Waals surface area contributed by atoms with Crippen molar-refractivity contribution in [1.29, 1.82) is 0 Å². The maximum atomic E-state index is 12.8. The average molecular weight is 465 g/mol. The Morgan fingerprint density at radius 1 is 1.00 bits per heavy atom. The van der Waals surface area contributed by atoms with Crippen LogP contribution < -0.4 is 0 Å². The number of amides is 2. The molecule has 32 heavy (non-hydrogen) atoms. The van der Waals surface area contributed by atoms with Crippen LogP contribution in [-0.2, 0) is 4.79 Å². The Labute approximate surface area is 193 Å². The minimum Gasteiger partial charge on any atom is -0.459 e. The molecule has 1 saturated heterocycles. The molecule has 2 amide bonds. The second-order valence-corrected chi connectivity index (χ2v) is 9.14. The zero-order valence-corrected chi connectivity index (χ0v) is 18.8. The monoisotopic (exact) mass is 464 g/mol. The third kappa shape index (κ3) is 4.13. The summed E-state index contributed by atoms with van der Waals surface area (Å²) in [6.45, 7) is 2.02. The highest BCUT2D eigenvalue weighted by atomic mass is 32.2. The Hall–Kier alpha value is -3.17. The molecule has 1 fully saturated rings. The lowest BCUT2D eigenvalue weighted by Gasteiger charge is -2.34. The smallest absolute Gasteiger partial charge is 0.289 e. The number of benzene rings is 1. The summed E-state index contributed by atoms with van der Waals surface area (Å²) in [7, 11) is 0. The molecule has 3 aromatic heterocycles. The summed E-state index contributed by atoms with van der Waals surface area (Å²) >= 11 is 3.02. The van der Waals surface area contributed by atoms with Gasteiger partial charge in [-0.25, -0.2) is 9.97 Å². The van der Waals surface area contributed by atoms with Crippen LogP contribution in [0.5, 0.6) is 0 Å². The Morgan fingerprint density at radius 2 is 1.78 bits per heavy atom. The van der Waals surface area contributed by atoms with Crippen molar-refractivity contribution in [2.24, 2.45) is 0 Å². The topological polar surface area (TPSA) is 79.5 Å². The highest BCUT2D eigenvalue weighted by molar-refractivity contribution is 8.00. The number of thioether (sulfide) groups is 1. The van der Waals surface area contributed by atoms with Crippen molar-refractivity contribution in [2.45, 2.75) is 5.03 Å². The van der Waals surface area contributed by atoms with Gasteiger partial charge in [-0.1, -0.05) is 42.1 Å². The zero-order valence-electron chi connectivity index (χ0n) is 17.1. The molecule has 1 aromatic carbocycles. The highest BCUT2D eigenvalue weighted by Crippen LogP contribution is 2.37. The van der Waals surface area contributed by atoms with E-state index in [1.54, 1.807) is 34.7 Å². The highest BCUT2D eigenvalue weighted by Gasteiger charge is 2.26. The Morgan fingerprint density at radius 3 is 2.53 bits per heavy atom. The fourth-order valence-corrected chi connectivity index (χ4v) is 5.62. The van der Waals surface area contributed by atoms with Crippen molar-refractivity contribution in [3.8, 4) is 11.1 Å². The van der Waals surface area contributed by atoms with Gasteiger partial charge in [0.2, 0.25) is 5.91 Å². The maximum Gasteiger partial charge on any atom is 0.289 e. The number of rotatable bonds is 5. The normalized spacial score (nSPS) is 14.1. The van der Waals surface area contributed by atoms with Crippen molar-refractivity contribution in [3.05, 3.63) is 66.2 Å². The summed E-state index contributed by atoms with van der Waals surface area (Å²) in [6.07, 6.45) is 3.05. The van der Waals surface area contributed by atoms with E-state index < -0.39 is 0 Å². The van der Waals surface area contributed by atoms with E-state index in [-0.39, 0.29) is 11.8 Å². The molecule has 0 spiro atoms. The van der Waals surface area contributed by atoms with Crippen LogP contribution in [0.15, 0.2) is 69.9 Å². The summed E-state index contributed by atoms with van der Waals surface area (Å²) in [5.41, 5.74) is 2.20. The summed E-state index contributed by atoms with van der Waals surface area (Å²) < 4.78 is 5.19. The summed E-state index contributed by atoms with van der Waals surface area (Å²) in [5.74, 6) is 0.537. The van der Waals surface area contributed by atoms with Crippen LogP contribution in [-0.4, -0.2) is 63.5 Å². The molecule has 0 radical (unpaired) electrons. The van der Waals surface area contributed by atoms with Crippen LogP contribution in [0.4, 0.5) is 0 Å².